The number of alkyl halides is 1. The van der Waals surface area contributed by atoms with Crippen molar-refractivity contribution in [1.82, 2.24) is 0 Å². The number of nitrogens with one attached hydrogen (secondary N) is 1. The number of nitriles is 1. The van der Waals surface area contributed by atoms with Crippen LogP contribution < -0.4 is 0 Å². The van der Waals surface area contributed by atoms with Gasteiger partial charge in [-0.05, 0) is 13.8 Å². The monoisotopic (exact) mass is 256 g/mol. The van der Waals surface area contributed by atoms with Crippen molar-refractivity contribution in [3.8, 4) is 6.07 Å². The van der Waals surface area contributed by atoms with Crippen LogP contribution in [0.5, 0.6) is 0 Å². The van der Waals surface area contributed by atoms with Crippen molar-refractivity contribution in [3.63, 3.8) is 0 Å². The maximum absolute atomic E-state index is 11.6. The zero-order valence-electron chi connectivity index (χ0n) is 7.85. The second-order valence-corrected chi connectivity index (χ2v) is 3.59. The normalized spacial score (nSPS) is 26.0. The van der Waals surface area contributed by atoms with E-state index in [1.54, 1.807) is 13.8 Å². The molecule has 1 heterocycles. The minimum Gasteiger partial charge on any atom is -0.446 e. The minimum atomic E-state index is -1.51. The van der Waals surface area contributed by atoms with Gasteiger partial charge in [0.15, 0.2) is 5.78 Å². The number of Topliss-reactive ketones (excluding diaryl/α,β-unsaturated/α-hetero) is 1. The van der Waals surface area contributed by atoms with Crippen LogP contribution in [0.1, 0.15) is 13.8 Å². The lowest BCUT2D eigenvalue weighted by molar-refractivity contribution is -0.119. The molecule has 0 aliphatic carbocycles. The number of carbonyl (C=O) groups is 1. The molecule has 1 aliphatic rings. The molecule has 0 saturated heterocycles. The molecule has 0 amide bonds. The standard InChI is InChI=1S/C9H9BrN2O2/c1-5-6(2)14-8(12)9(5,4-11)7(13)3-10/h12H,3H2,1-2H3/t9-/m0/s1. The first-order chi connectivity index (χ1) is 6.50. The molecule has 74 valence electrons. The number of carbonyl (C=O) groups excluding carboxylic acids is 1. The Morgan fingerprint density at radius 1 is 1.71 bits per heavy atom. The van der Waals surface area contributed by atoms with Crippen LogP contribution in [-0.2, 0) is 9.53 Å². The molecule has 1 rings (SSSR count). The number of ether oxygens (including phenoxy) is 1. The van der Waals surface area contributed by atoms with E-state index in [0.29, 0.717) is 11.3 Å². The lowest BCUT2D eigenvalue weighted by Crippen LogP contribution is -2.37. The molecular weight excluding hydrogens is 248 g/mol. The fraction of sp³-hybridized carbons (Fsp3) is 0.444. The van der Waals surface area contributed by atoms with Gasteiger partial charge in [-0.15, -0.1) is 0 Å². The van der Waals surface area contributed by atoms with E-state index in [1.807, 2.05) is 6.07 Å². The molecule has 14 heavy (non-hydrogen) atoms. The first-order valence-corrected chi connectivity index (χ1v) is 5.08. The summed E-state index contributed by atoms with van der Waals surface area (Å²) in [5, 5.41) is 16.6. The zero-order valence-corrected chi connectivity index (χ0v) is 9.43. The largest absolute Gasteiger partial charge is 0.446 e. The lowest BCUT2D eigenvalue weighted by atomic mass is 9.79. The molecular formula is C9H9BrN2O2. The van der Waals surface area contributed by atoms with Crippen LogP contribution in [0.2, 0.25) is 0 Å². The quantitative estimate of drug-likeness (QED) is 0.766. The molecule has 1 atom stereocenters. The molecule has 0 radical (unpaired) electrons. The third-order valence-electron chi connectivity index (χ3n) is 2.39. The Balaban J connectivity index is 3.33. The Bertz CT molecular complexity index is 381. The summed E-state index contributed by atoms with van der Waals surface area (Å²) in [5.74, 6) is -0.190. The van der Waals surface area contributed by atoms with E-state index in [-0.39, 0.29) is 17.0 Å². The summed E-state index contributed by atoms with van der Waals surface area (Å²) in [6, 6.07) is 1.87. The van der Waals surface area contributed by atoms with Crippen molar-refractivity contribution in [2.45, 2.75) is 13.8 Å². The van der Waals surface area contributed by atoms with Crippen LogP contribution in [0.3, 0.4) is 0 Å². The molecule has 0 spiro atoms. The minimum absolute atomic E-state index is 0.0386. The average Bonchev–Trinajstić information content (AvgIpc) is 2.39. The van der Waals surface area contributed by atoms with E-state index in [0.717, 1.165) is 0 Å². The Morgan fingerprint density at radius 2 is 2.29 bits per heavy atom. The summed E-state index contributed by atoms with van der Waals surface area (Å²) in [7, 11) is 0. The van der Waals surface area contributed by atoms with Gasteiger partial charge in [0, 0.05) is 5.57 Å². The van der Waals surface area contributed by atoms with Gasteiger partial charge in [-0.3, -0.25) is 10.2 Å². The fourth-order valence-electron chi connectivity index (χ4n) is 1.37. The number of rotatable bonds is 2. The molecule has 1 N–H and O–H groups in total. The van der Waals surface area contributed by atoms with E-state index in [1.165, 1.54) is 0 Å². The molecule has 0 saturated carbocycles. The summed E-state index contributed by atoms with van der Waals surface area (Å²) >= 11 is 3.00. The molecule has 1 aliphatic heterocycles. The number of nitrogens with zero attached hydrogens (tertiary/aromatic N) is 1. The molecule has 4 nitrogen and oxygen atoms in total. The van der Waals surface area contributed by atoms with Gasteiger partial charge in [0.05, 0.1) is 11.4 Å². The average molecular weight is 257 g/mol. The van der Waals surface area contributed by atoms with E-state index in [2.05, 4.69) is 15.9 Å². The van der Waals surface area contributed by atoms with E-state index < -0.39 is 5.41 Å². The maximum atomic E-state index is 11.6. The Morgan fingerprint density at radius 3 is 2.57 bits per heavy atom. The maximum Gasteiger partial charge on any atom is 0.219 e. The Hall–Kier alpha value is -1.15. The predicted octanol–water partition coefficient (Wildman–Crippen LogP) is 1.76. The van der Waals surface area contributed by atoms with Gasteiger partial charge < -0.3 is 4.74 Å². The third kappa shape index (κ3) is 1.18. The molecule has 0 aromatic rings. The molecule has 5 heteroatoms. The second-order valence-electron chi connectivity index (χ2n) is 3.03. The number of ketones is 1. The van der Waals surface area contributed by atoms with Gasteiger partial charge in [-0.25, -0.2) is 0 Å². The summed E-state index contributed by atoms with van der Waals surface area (Å²) in [6.07, 6.45) is 0. The number of allylic oxidation sites excluding steroid dienone is 1. The van der Waals surface area contributed by atoms with Crippen molar-refractivity contribution < 1.29 is 9.53 Å². The van der Waals surface area contributed by atoms with Crippen LogP contribution in [0.4, 0.5) is 0 Å². The van der Waals surface area contributed by atoms with Gasteiger partial charge in [-0.2, -0.15) is 5.26 Å². The van der Waals surface area contributed by atoms with Crippen molar-refractivity contribution in [1.29, 1.82) is 10.7 Å². The van der Waals surface area contributed by atoms with Gasteiger partial charge in [-0.1, -0.05) is 15.9 Å². The van der Waals surface area contributed by atoms with Crippen LogP contribution in [0.15, 0.2) is 11.3 Å². The highest BCUT2D eigenvalue weighted by molar-refractivity contribution is 9.09. The molecule has 0 unspecified atom stereocenters. The van der Waals surface area contributed by atoms with Gasteiger partial charge >= 0.3 is 0 Å². The van der Waals surface area contributed by atoms with Crippen LogP contribution in [0.25, 0.3) is 0 Å². The highest BCUT2D eigenvalue weighted by atomic mass is 79.9. The van der Waals surface area contributed by atoms with Crippen molar-refractivity contribution in [2.75, 3.05) is 5.33 Å². The molecule has 0 aromatic carbocycles. The molecule has 0 fully saturated rings. The van der Waals surface area contributed by atoms with E-state index >= 15 is 0 Å². The molecule has 0 aromatic heterocycles. The smallest absolute Gasteiger partial charge is 0.219 e. The van der Waals surface area contributed by atoms with Crippen LogP contribution in [0, 0.1) is 22.2 Å². The zero-order chi connectivity index (χ0) is 10.9. The second kappa shape index (κ2) is 3.54. The van der Waals surface area contributed by atoms with Gasteiger partial charge in [0.1, 0.15) is 5.76 Å². The highest BCUT2D eigenvalue weighted by Crippen LogP contribution is 2.38. The first-order valence-electron chi connectivity index (χ1n) is 3.96. The Kier molecular flexibility index (Phi) is 2.76. The topological polar surface area (TPSA) is 73.9 Å². The van der Waals surface area contributed by atoms with Crippen molar-refractivity contribution >= 4 is 27.6 Å². The van der Waals surface area contributed by atoms with Gasteiger partial charge in [0.25, 0.3) is 0 Å². The summed E-state index contributed by atoms with van der Waals surface area (Å²) < 4.78 is 5.00. The highest BCUT2D eigenvalue weighted by Gasteiger charge is 2.51. The number of hydrogen-bond donors (Lipinski definition) is 1. The fourth-order valence-corrected chi connectivity index (χ4v) is 1.79. The summed E-state index contributed by atoms with van der Waals surface area (Å²) in [6.45, 7) is 3.28. The van der Waals surface area contributed by atoms with Gasteiger partial charge in [0.2, 0.25) is 11.3 Å². The van der Waals surface area contributed by atoms with E-state index in [9.17, 15) is 4.79 Å². The van der Waals surface area contributed by atoms with Crippen LogP contribution >= 0.6 is 15.9 Å². The lowest BCUT2D eigenvalue weighted by Gasteiger charge is -2.17. The third-order valence-corrected chi connectivity index (χ3v) is 2.90. The SMILES string of the molecule is CC1=C(C)[C@@](C#N)(C(=O)CBr)C(=N)O1. The number of halogens is 1. The number of hydrogen-bond acceptors (Lipinski definition) is 4. The first kappa shape index (κ1) is 10.9. The summed E-state index contributed by atoms with van der Waals surface area (Å²) in [4.78, 5) is 11.6. The summed E-state index contributed by atoms with van der Waals surface area (Å²) in [5.41, 5.74) is -0.998. The molecule has 0 bridgehead atoms. The van der Waals surface area contributed by atoms with Crippen molar-refractivity contribution in [3.05, 3.63) is 11.3 Å². The van der Waals surface area contributed by atoms with E-state index in [4.69, 9.17) is 15.4 Å². The predicted molar refractivity (Wildman–Crippen MR) is 54.0 cm³/mol. The Labute approximate surface area is 90.2 Å². The van der Waals surface area contributed by atoms with Crippen molar-refractivity contribution in [2.24, 2.45) is 5.41 Å². The van der Waals surface area contributed by atoms with Crippen LogP contribution in [-0.4, -0.2) is 17.0 Å².